The molecule has 7 heteroatoms. The van der Waals surface area contributed by atoms with Gasteiger partial charge in [-0.2, -0.15) is 0 Å². The number of ether oxygens (including phenoxy) is 2. The summed E-state index contributed by atoms with van der Waals surface area (Å²) in [6, 6.07) is 4.88. The molecule has 0 saturated carbocycles. The molecule has 1 aromatic carbocycles. The number of benzene rings is 1. The molecular formula is C17H23NO5S. The van der Waals surface area contributed by atoms with Crippen LogP contribution in [-0.2, 0) is 9.59 Å². The molecule has 24 heavy (non-hydrogen) atoms. The second-order valence-corrected chi connectivity index (χ2v) is 7.05. The number of carbonyl (C=O) groups is 2. The molecular weight excluding hydrogens is 330 g/mol. The Morgan fingerprint density at radius 1 is 1.25 bits per heavy atom. The van der Waals surface area contributed by atoms with Crippen LogP contribution in [0.4, 0.5) is 0 Å². The van der Waals surface area contributed by atoms with Crippen molar-refractivity contribution in [3.05, 3.63) is 18.2 Å². The zero-order valence-corrected chi connectivity index (χ0v) is 14.7. The average Bonchev–Trinajstić information content (AvgIpc) is 2.76. The van der Waals surface area contributed by atoms with E-state index in [0.29, 0.717) is 19.0 Å². The Bertz CT molecular complexity index is 590. The highest BCUT2D eigenvalue weighted by atomic mass is 32.2. The van der Waals surface area contributed by atoms with E-state index in [1.807, 2.05) is 18.2 Å². The highest BCUT2D eigenvalue weighted by Gasteiger charge is 2.23. The maximum Gasteiger partial charge on any atom is 0.326 e. The van der Waals surface area contributed by atoms with Crippen molar-refractivity contribution >= 4 is 23.6 Å². The highest BCUT2D eigenvalue weighted by Crippen LogP contribution is 2.33. The normalized spacial score (nSPS) is 14.8. The summed E-state index contributed by atoms with van der Waals surface area (Å²) in [7, 11) is 0. The molecule has 0 saturated heterocycles. The van der Waals surface area contributed by atoms with Crippen LogP contribution in [0.1, 0.15) is 26.7 Å². The van der Waals surface area contributed by atoms with E-state index in [2.05, 4.69) is 5.32 Å². The number of rotatable bonds is 7. The molecule has 0 aliphatic carbocycles. The van der Waals surface area contributed by atoms with Gasteiger partial charge in [-0.3, -0.25) is 4.79 Å². The summed E-state index contributed by atoms with van der Waals surface area (Å²) in [5, 5.41) is 11.6. The Hall–Kier alpha value is -1.89. The molecule has 0 unspecified atom stereocenters. The van der Waals surface area contributed by atoms with Gasteiger partial charge in [-0.1, -0.05) is 13.8 Å². The minimum atomic E-state index is -1.01. The zero-order valence-electron chi connectivity index (χ0n) is 13.9. The number of hydrogen-bond donors (Lipinski definition) is 2. The number of amides is 1. The van der Waals surface area contributed by atoms with Crippen LogP contribution in [0.15, 0.2) is 23.1 Å². The standard InChI is InChI=1S/C17H23NO5S/c1-11(2)16(17(20)21)18-15(19)6-9-24-12-4-5-13-14(10-12)23-8-3-7-22-13/h4-5,10-11,16H,3,6-9H2,1-2H3,(H,18,19)(H,20,21)/t16-/m1/s1. The Kier molecular flexibility index (Phi) is 6.78. The molecule has 2 rings (SSSR count). The quantitative estimate of drug-likeness (QED) is 0.733. The van der Waals surface area contributed by atoms with E-state index in [1.165, 1.54) is 11.8 Å². The molecule has 1 aromatic rings. The fraction of sp³-hybridized carbons (Fsp3) is 0.529. The lowest BCUT2D eigenvalue weighted by Gasteiger charge is -2.17. The SMILES string of the molecule is CC(C)[C@@H](NC(=O)CCSc1ccc2c(c1)OCCCO2)C(=O)O. The number of hydrogen-bond acceptors (Lipinski definition) is 5. The summed E-state index contributed by atoms with van der Waals surface area (Å²) in [6.45, 7) is 4.83. The van der Waals surface area contributed by atoms with Crippen molar-refractivity contribution in [2.24, 2.45) is 5.92 Å². The van der Waals surface area contributed by atoms with Gasteiger partial charge in [-0.15, -0.1) is 11.8 Å². The van der Waals surface area contributed by atoms with Crippen LogP contribution >= 0.6 is 11.8 Å². The van der Waals surface area contributed by atoms with Gasteiger partial charge >= 0.3 is 5.97 Å². The number of thioether (sulfide) groups is 1. The van der Waals surface area contributed by atoms with Crippen LogP contribution in [0.2, 0.25) is 0 Å². The van der Waals surface area contributed by atoms with Gasteiger partial charge < -0.3 is 19.9 Å². The van der Waals surface area contributed by atoms with Crippen LogP contribution in [0.3, 0.4) is 0 Å². The van der Waals surface area contributed by atoms with Crippen LogP contribution in [0.25, 0.3) is 0 Å². The van der Waals surface area contributed by atoms with Crippen LogP contribution in [0, 0.1) is 5.92 Å². The van der Waals surface area contributed by atoms with E-state index < -0.39 is 12.0 Å². The van der Waals surface area contributed by atoms with E-state index in [4.69, 9.17) is 14.6 Å². The number of carboxylic acid groups (broad SMARTS) is 1. The molecule has 1 amide bonds. The fourth-order valence-electron chi connectivity index (χ4n) is 2.25. The molecule has 1 aliphatic heterocycles. The third-order valence-electron chi connectivity index (χ3n) is 3.57. The molecule has 0 fully saturated rings. The predicted molar refractivity (Wildman–Crippen MR) is 91.8 cm³/mol. The average molecular weight is 353 g/mol. The van der Waals surface area contributed by atoms with Crippen molar-refractivity contribution in [1.29, 1.82) is 0 Å². The number of aliphatic carboxylic acids is 1. The lowest BCUT2D eigenvalue weighted by molar-refractivity contribution is -0.143. The van der Waals surface area contributed by atoms with E-state index >= 15 is 0 Å². The third kappa shape index (κ3) is 5.33. The van der Waals surface area contributed by atoms with Crippen molar-refractivity contribution in [1.82, 2.24) is 5.32 Å². The van der Waals surface area contributed by atoms with Gasteiger partial charge in [0.1, 0.15) is 6.04 Å². The molecule has 1 atom stereocenters. The van der Waals surface area contributed by atoms with Crippen molar-refractivity contribution < 1.29 is 24.2 Å². The molecule has 0 spiro atoms. The largest absolute Gasteiger partial charge is 0.490 e. The van der Waals surface area contributed by atoms with Gasteiger partial charge in [0, 0.05) is 23.5 Å². The summed E-state index contributed by atoms with van der Waals surface area (Å²) in [6.07, 6.45) is 1.12. The second kappa shape index (κ2) is 8.82. The van der Waals surface area contributed by atoms with Gasteiger partial charge in [-0.25, -0.2) is 4.79 Å². The summed E-state index contributed by atoms with van der Waals surface area (Å²) in [5.41, 5.74) is 0. The number of carboxylic acids is 1. The fourth-order valence-corrected chi connectivity index (χ4v) is 3.13. The first-order valence-corrected chi connectivity index (χ1v) is 9.00. The monoisotopic (exact) mass is 353 g/mol. The lowest BCUT2D eigenvalue weighted by Crippen LogP contribution is -2.44. The molecule has 0 aromatic heterocycles. The summed E-state index contributed by atoms with van der Waals surface area (Å²) in [5.74, 6) is 0.631. The van der Waals surface area contributed by atoms with Crippen molar-refractivity contribution in [3.63, 3.8) is 0 Å². The van der Waals surface area contributed by atoms with Crippen molar-refractivity contribution in [2.75, 3.05) is 19.0 Å². The van der Waals surface area contributed by atoms with E-state index in [-0.39, 0.29) is 18.2 Å². The van der Waals surface area contributed by atoms with Crippen LogP contribution in [0.5, 0.6) is 11.5 Å². The highest BCUT2D eigenvalue weighted by molar-refractivity contribution is 7.99. The predicted octanol–water partition coefficient (Wildman–Crippen LogP) is 2.56. The van der Waals surface area contributed by atoms with Crippen molar-refractivity contribution in [3.8, 4) is 11.5 Å². The lowest BCUT2D eigenvalue weighted by atomic mass is 10.0. The summed E-state index contributed by atoms with van der Waals surface area (Å²) >= 11 is 1.53. The van der Waals surface area contributed by atoms with E-state index in [9.17, 15) is 9.59 Å². The number of nitrogens with one attached hydrogen (secondary N) is 1. The van der Waals surface area contributed by atoms with Gasteiger partial charge in [0.2, 0.25) is 5.91 Å². The first-order valence-electron chi connectivity index (χ1n) is 8.02. The van der Waals surface area contributed by atoms with Gasteiger partial charge in [0.25, 0.3) is 0 Å². The third-order valence-corrected chi connectivity index (χ3v) is 4.56. The maximum atomic E-state index is 11.9. The van der Waals surface area contributed by atoms with Gasteiger partial charge in [-0.05, 0) is 24.1 Å². The molecule has 1 aliphatic rings. The molecule has 132 valence electrons. The minimum Gasteiger partial charge on any atom is -0.490 e. The van der Waals surface area contributed by atoms with Crippen LogP contribution in [-0.4, -0.2) is 42.0 Å². The topological polar surface area (TPSA) is 84.9 Å². The minimum absolute atomic E-state index is 0.152. The first kappa shape index (κ1) is 18.4. The van der Waals surface area contributed by atoms with Gasteiger partial charge in [0.15, 0.2) is 11.5 Å². The number of fused-ring (bicyclic) bond motifs is 1. The Balaban J connectivity index is 1.82. The molecule has 1 heterocycles. The molecule has 0 bridgehead atoms. The second-order valence-electron chi connectivity index (χ2n) is 5.88. The van der Waals surface area contributed by atoms with Gasteiger partial charge in [0.05, 0.1) is 13.2 Å². The smallest absolute Gasteiger partial charge is 0.326 e. The summed E-state index contributed by atoms with van der Waals surface area (Å²) in [4.78, 5) is 24.0. The van der Waals surface area contributed by atoms with Crippen molar-refractivity contribution in [2.45, 2.75) is 37.6 Å². The van der Waals surface area contributed by atoms with E-state index in [1.54, 1.807) is 13.8 Å². The van der Waals surface area contributed by atoms with E-state index in [0.717, 1.165) is 22.8 Å². The Labute approximate surface area is 145 Å². The first-order chi connectivity index (χ1) is 11.5. The molecule has 2 N–H and O–H groups in total. The zero-order chi connectivity index (χ0) is 17.5. The molecule has 6 nitrogen and oxygen atoms in total. The molecule has 0 radical (unpaired) electrons. The Morgan fingerprint density at radius 3 is 2.62 bits per heavy atom. The van der Waals surface area contributed by atoms with Crippen LogP contribution < -0.4 is 14.8 Å². The maximum absolute atomic E-state index is 11.9. The Morgan fingerprint density at radius 2 is 1.96 bits per heavy atom. The summed E-state index contributed by atoms with van der Waals surface area (Å²) < 4.78 is 11.2. The number of carbonyl (C=O) groups excluding carboxylic acids is 1.